The van der Waals surface area contributed by atoms with Gasteiger partial charge in [0.15, 0.2) is 0 Å². The lowest BCUT2D eigenvalue weighted by molar-refractivity contribution is -0.157. The normalized spacial score (nSPS) is 16.3. The van der Waals surface area contributed by atoms with Crippen molar-refractivity contribution in [2.75, 3.05) is 40.0 Å². The first-order valence-corrected chi connectivity index (χ1v) is 15.8. The molecule has 0 radical (unpaired) electrons. The van der Waals surface area contributed by atoms with Gasteiger partial charge in [0.1, 0.15) is 31.0 Å². The van der Waals surface area contributed by atoms with Gasteiger partial charge >= 0.3 is 23.9 Å². The van der Waals surface area contributed by atoms with Gasteiger partial charge in [-0.15, -0.1) is 0 Å². The Morgan fingerprint density at radius 2 is 1.79 bits per heavy atom. The molecule has 2 aromatic rings. The average Bonchev–Trinajstić information content (AvgIpc) is 2.99. The van der Waals surface area contributed by atoms with Crippen LogP contribution in [0.5, 0.6) is 0 Å². The molecule has 1 fully saturated rings. The summed E-state index contributed by atoms with van der Waals surface area (Å²) in [6.45, 7) is 9.96. The van der Waals surface area contributed by atoms with E-state index in [1.807, 2.05) is 51.1 Å². The Hall–Kier alpha value is -4.17. The van der Waals surface area contributed by atoms with Crippen LogP contribution in [0.4, 0.5) is 9.59 Å². The van der Waals surface area contributed by atoms with Gasteiger partial charge in [-0.05, 0) is 52.5 Å². The van der Waals surface area contributed by atoms with Crippen molar-refractivity contribution in [2.45, 2.75) is 90.8 Å². The zero-order chi connectivity index (χ0) is 34.6. The number of carbonyl (C=O) groups is 3. The quantitative estimate of drug-likeness (QED) is 0.234. The van der Waals surface area contributed by atoms with Gasteiger partial charge in [-0.2, -0.15) is 0 Å². The third kappa shape index (κ3) is 12.5. The number of esters is 1. The van der Waals surface area contributed by atoms with Crippen molar-refractivity contribution in [3.63, 3.8) is 0 Å². The molecule has 3 atom stereocenters. The largest absolute Gasteiger partial charge is 0.508 e. The van der Waals surface area contributed by atoms with Gasteiger partial charge in [0.25, 0.3) is 5.56 Å². The van der Waals surface area contributed by atoms with Crippen molar-refractivity contribution in [1.82, 2.24) is 19.4 Å². The zero-order valence-electron chi connectivity index (χ0n) is 28.2. The molecule has 1 aromatic carbocycles. The second-order valence-electron chi connectivity index (χ2n) is 12.6. The summed E-state index contributed by atoms with van der Waals surface area (Å²) in [6.07, 6.45) is 0.854. The van der Waals surface area contributed by atoms with Crippen LogP contribution in [0, 0.1) is 6.92 Å². The number of rotatable bonds is 14. The van der Waals surface area contributed by atoms with Crippen LogP contribution in [0.3, 0.4) is 0 Å². The number of hydrogen-bond acceptors (Lipinski definition) is 11. The number of ether oxygens (including phenoxy) is 5. The van der Waals surface area contributed by atoms with E-state index in [1.165, 1.54) is 31.7 Å². The number of carbonyl (C=O) groups excluding carboxylic acids is 3. The molecule has 0 aliphatic carbocycles. The second kappa shape index (κ2) is 17.7. The summed E-state index contributed by atoms with van der Waals surface area (Å²) in [4.78, 5) is 67.6. The summed E-state index contributed by atoms with van der Waals surface area (Å²) in [7, 11) is 1.35. The number of methoxy groups -OCH3 is 1. The molecular weight excluding hydrogens is 612 g/mol. The van der Waals surface area contributed by atoms with Crippen LogP contribution in [-0.4, -0.2) is 101 Å². The van der Waals surface area contributed by atoms with Crippen molar-refractivity contribution in [3.8, 4) is 0 Å². The molecule has 14 nitrogen and oxygen atoms in total. The highest BCUT2D eigenvalue weighted by atomic mass is 16.7. The average molecular weight is 661 g/mol. The molecule has 0 spiro atoms. The molecule has 1 amide bonds. The van der Waals surface area contributed by atoms with Crippen molar-refractivity contribution >= 4 is 18.2 Å². The van der Waals surface area contributed by atoms with Crippen molar-refractivity contribution in [1.29, 1.82) is 0 Å². The van der Waals surface area contributed by atoms with Gasteiger partial charge < -0.3 is 28.6 Å². The number of benzene rings is 1. The number of likely N-dealkylation sites (tertiary alicyclic amines) is 1. The van der Waals surface area contributed by atoms with E-state index in [-0.39, 0.29) is 31.9 Å². The van der Waals surface area contributed by atoms with E-state index in [4.69, 9.17) is 23.7 Å². The van der Waals surface area contributed by atoms with Crippen molar-refractivity contribution in [3.05, 3.63) is 68.5 Å². The molecule has 1 N–H and O–H groups in total. The van der Waals surface area contributed by atoms with E-state index < -0.39 is 41.2 Å². The number of H-pyrrole nitrogens is 1. The van der Waals surface area contributed by atoms with Crippen LogP contribution >= 0.6 is 0 Å². The maximum Gasteiger partial charge on any atom is 0.508 e. The molecule has 47 heavy (non-hydrogen) atoms. The summed E-state index contributed by atoms with van der Waals surface area (Å²) < 4.78 is 28.4. The number of amides is 1. The van der Waals surface area contributed by atoms with E-state index in [9.17, 15) is 24.0 Å². The minimum atomic E-state index is -1.02. The number of hydrogen-bond donors (Lipinski definition) is 1. The Balaban J connectivity index is 1.61. The van der Waals surface area contributed by atoms with Gasteiger partial charge in [-0.25, -0.2) is 14.4 Å². The minimum Gasteiger partial charge on any atom is -0.458 e. The molecule has 3 rings (SSSR count). The molecule has 2 unspecified atom stereocenters. The summed E-state index contributed by atoms with van der Waals surface area (Å²) >= 11 is 0. The van der Waals surface area contributed by atoms with Gasteiger partial charge in [0, 0.05) is 58.0 Å². The van der Waals surface area contributed by atoms with E-state index in [0.717, 1.165) is 24.8 Å². The molecule has 0 bridgehead atoms. The number of nitrogens with one attached hydrogen (secondary N) is 1. The summed E-state index contributed by atoms with van der Waals surface area (Å²) in [5, 5.41) is 0. The van der Waals surface area contributed by atoms with Crippen molar-refractivity contribution in [2.24, 2.45) is 0 Å². The fourth-order valence-corrected chi connectivity index (χ4v) is 5.29. The van der Waals surface area contributed by atoms with E-state index in [0.29, 0.717) is 31.7 Å². The Morgan fingerprint density at radius 1 is 1.06 bits per heavy atom. The first-order chi connectivity index (χ1) is 22.3. The number of nitrogens with zero attached hydrogens (tertiary/aromatic N) is 3. The van der Waals surface area contributed by atoms with Crippen LogP contribution in [0.1, 0.15) is 58.1 Å². The van der Waals surface area contributed by atoms with Gasteiger partial charge in [0.05, 0.1) is 6.54 Å². The summed E-state index contributed by atoms with van der Waals surface area (Å²) in [5.74, 6) is -0.629. The maximum absolute atomic E-state index is 13.0. The highest BCUT2D eigenvalue weighted by molar-refractivity contribution is 5.68. The lowest BCUT2D eigenvalue weighted by Crippen LogP contribution is -2.51. The SMILES string of the molecule is COC(COC(=O)OCCN(Cc1ccccc1)CC1CCCCN1C(=O)OC(C)(C)C)[C@@H](Cn1cc(C)c(=O)[nH]c1=O)OC(C)=O. The molecule has 1 aliphatic rings. The molecule has 1 saturated heterocycles. The first-order valence-electron chi connectivity index (χ1n) is 15.8. The van der Waals surface area contributed by atoms with E-state index in [1.54, 1.807) is 4.90 Å². The van der Waals surface area contributed by atoms with E-state index >= 15 is 0 Å². The summed E-state index contributed by atoms with van der Waals surface area (Å²) in [6, 6.07) is 9.83. The topological polar surface area (TPSA) is 159 Å². The third-order valence-corrected chi connectivity index (χ3v) is 7.57. The molecule has 1 aliphatic heterocycles. The third-order valence-electron chi connectivity index (χ3n) is 7.57. The molecule has 0 saturated carbocycles. The van der Waals surface area contributed by atoms with Crippen LogP contribution < -0.4 is 11.2 Å². The molecular formula is C33H48N4O10. The van der Waals surface area contributed by atoms with E-state index in [2.05, 4.69) is 9.88 Å². The van der Waals surface area contributed by atoms with Gasteiger partial charge in [0.2, 0.25) is 0 Å². The lowest BCUT2D eigenvalue weighted by atomic mass is 10.0. The molecule has 2 heterocycles. The highest BCUT2D eigenvalue weighted by Crippen LogP contribution is 2.22. The fraction of sp³-hybridized carbons (Fsp3) is 0.606. The highest BCUT2D eigenvalue weighted by Gasteiger charge is 2.32. The smallest absolute Gasteiger partial charge is 0.458 e. The molecule has 1 aromatic heterocycles. The van der Waals surface area contributed by atoms with Crippen LogP contribution in [0.25, 0.3) is 0 Å². The van der Waals surface area contributed by atoms with Gasteiger partial charge in [-0.1, -0.05) is 30.3 Å². The number of aromatic nitrogens is 2. The standard InChI is InChI=1S/C33H48N4O10/c1-23-18-36(30(40)34-29(23)39)21-27(46-24(2)38)28(43-6)22-45-32(42)44-17-16-35(19-25-12-8-7-9-13-25)20-26-14-10-11-15-37(26)31(41)47-33(3,4)5/h7-9,12-13,18,26-28H,10-11,14-17,19-22H2,1-6H3,(H,34,39,40)/t26?,27-,28?/m1/s1. The van der Waals surface area contributed by atoms with Crippen LogP contribution in [0.2, 0.25) is 0 Å². The predicted molar refractivity (Wildman–Crippen MR) is 172 cm³/mol. The first kappa shape index (κ1) is 37.3. The lowest BCUT2D eigenvalue weighted by Gasteiger charge is -2.39. The Labute approximate surface area is 274 Å². The van der Waals surface area contributed by atoms with Crippen LogP contribution in [-0.2, 0) is 41.6 Å². The Bertz CT molecular complexity index is 1440. The number of aromatic amines is 1. The van der Waals surface area contributed by atoms with Gasteiger partial charge in [-0.3, -0.25) is 24.0 Å². The molecule has 260 valence electrons. The van der Waals surface area contributed by atoms with Crippen LogP contribution in [0.15, 0.2) is 46.1 Å². The Morgan fingerprint density at radius 3 is 2.45 bits per heavy atom. The zero-order valence-corrected chi connectivity index (χ0v) is 28.2. The molecule has 14 heteroatoms. The summed E-state index contributed by atoms with van der Waals surface area (Å²) in [5.41, 5.74) is -0.440. The fourth-order valence-electron chi connectivity index (χ4n) is 5.29. The predicted octanol–water partition coefficient (Wildman–Crippen LogP) is 3.24. The number of aryl methyl sites for hydroxylation is 1. The Kier molecular flexibility index (Phi) is 14.0. The monoisotopic (exact) mass is 660 g/mol. The maximum atomic E-state index is 13.0. The minimum absolute atomic E-state index is 0.0158. The number of piperidine rings is 1. The van der Waals surface area contributed by atoms with Crippen molar-refractivity contribution < 1.29 is 38.1 Å². The second-order valence-corrected chi connectivity index (χ2v) is 12.6.